The number of nitrogens with zero attached hydrogens (tertiary/aromatic N) is 2. The second kappa shape index (κ2) is 10.2. The molecule has 1 heterocycles. The lowest BCUT2D eigenvalue weighted by atomic mass is 10.1. The van der Waals surface area contributed by atoms with Gasteiger partial charge in [0.15, 0.2) is 5.96 Å². The van der Waals surface area contributed by atoms with E-state index in [2.05, 4.69) is 36.7 Å². The second-order valence-corrected chi connectivity index (χ2v) is 7.27. The van der Waals surface area contributed by atoms with E-state index in [4.69, 9.17) is 0 Å². The molecule has 0 saturated heterocycles. The zero-order valence-electron chi connectivity index (χ0n) is 16.0. The minimum atomic E-state index is -2.85. The number of benzene rings is 1. The Labute approximate surface area is 163 Å². The van der Waals surface area contributed by atoms with E-state index < -0.39 is 6.61 Å². The smallest absolute Gasteiger partial charge is 0.387 e. The maximum atomic E-state index is 12.6. The molecule has 2 N–H and O–H groups in total. The Morgan fingerprint density at radius 1 is 1.26 bits per heavy atom. The molecule has 8 heteroatoms. The molecule has 2 aromatic rings. The maximum absolute atomic E-state index is 12.6. The van der Waals surface area contributed by atoms with Gasteiger partial charge in [-0.3, -0.25) is 4.99 Å². The number of thiophene rings is 1. The van der Waals surface area contributed by atoms with Gasteiger partial charge in [0.25, 0.3) is 0 Å². The monoisotopic (exact) mass is 396 g/mol. The van der Waals surface area contributed by atoms with Crippen LogP contribution in [0.5, 0.6) is 5.75 Å². The number of ether oxygens (including phenoxy) is 1. The minimum absolute atomic E-state index is 0.170. The van der Waals surface area contributed by atoms with Crippen LogP contribution in [0.1, 0.15) is 22.0 Å². The molecule has 0 spiro atoms. The Morgan fingerprint density at radius 2 is 2.04 bits per heavy atom. The van der Waals surface area contributed by atoms with Crippen LogP contribution in [0, 0.1) is 6.92 Å². The van der Waals surface area contributed by atoms with Gasteiger partial charge in [0, 0.05) is 30.6 Å². The molecule has 2 rings (SSSR count). The lowest BCUT2D eigenvalue weighted by Crippen LogP contribution is -2.41. The SMILES string of the molecule is CN=C(NCc1cc(C)ccc1OC(F)F)NCC(c1cccs1)N(C)C. The maximum Gasteiger partial charge on any atom is 0.387 e. The first-order chi connectivity index (χ1) is 12.9. The molecule has 27 heavy (non-hydrogen) atoms. The third-order valence-corrected chi connectivity index (χ3v) is 5.03. The number of likely N-dealkylation sites (N-methyl/N-ethyl adjacent to an activating group) is 1. The number of hydrogen-bond donors (Lipinski definition) is 2. The predicted octanol–water partition coefficient (Wildman–Crippen LogP) is 3.63. The van der Waals surface area contributed by atoms with E-state index in [0.29, 0.717) is 24.6 Å². The molecule has 148 valence electrons. The van der Waals surface area contributed by atoms with Crippen molar-refractivity contribution in [1.82, 2.24) is 15.5 Å². The molecule has 5 nitrogen and oxygen atoms in total. The van der Waals surface area contributed by atoms with Gasteiger partial charge in [0.1, 0.15) is 5.75 Å². The van der Waals surface area contributed by atoms with Crippen molar-refractivity contribution in [2.45, 2.75) is 26.1 Å². The second-order valence-electron chi connectivity index (χ2n) is 6.29. The quantitative estimate of drug-likeness (QED) is 0.529. The Bertz CT molecular complexity index is 735. The van der Waals surface area contributed by atoms with Crippen LogP contribution in [0.3, 0.4) is 0 Å². The van der Waals surface area contributed by atoms with Crippen LogP contribution in [0.4, 0.5) is 8.78 Å². The Morgan fingerprint density at radius 3 is 2.63 bits per heavy atom. The van der Waals surface area contributed by atoms with Gasteiger partial charge in [-0.2, -0.15) is 8.78 Å². The largest absolute Gasteiger partial charge is 0.434 e. The van der Waals surface area contributed by atoms with Crippen LogP contribution in [0.15, 0.2) is 40.7 Å². The molecule has 0 radical (unpaired) electrons. The van der Waals surface area contributed by atoms with Crippen LogP contribution in [0.25, 0.3) is 0 Å². The van der Waals surface area contributed by atoms with Crippen molar-refractivity contribution in [3.05, 3.63) is 51.7 Å². The fraction of sp³-hybridized carbons (Fsp3) is 0.421. The minimum Gasteiger partial charge on any atom is -0.434 e. The summed E-state index contributed by atoms with van der Waals surface area (Å²) in [6.07, 6.45) is 0. The van der Waals surface area contributed by atoms with Gasteiger partial charge in [0.2, 0.25) is 0 Å². The summed E-state index contributed by atoms with van der Waals surface area (Å²) >= 11 is 1.71. The Kier molecular flexibility index (Phi) is 7.99. The van der Waals surface area contributed by atoms with Crippen LogP contribution >= 0.6 is 11.3 Å². The van der Waals surface area contributed by atoms with E-state index in [1.165, 1.54) is 4.88 Å². The van der Waals surface area contributed by atoms with Crippen molar-refractivity contribution in [1.29, 1.82) is 0 Å². The number of guanidine groups is 1. The molecule has 1 aromatic carbocycles. The zero-order chi connectivity index (χ0) is 19.8. The van der Waals surface area contributed by atoms with E-state index in [9.17, 15) is 8.78 Å². The number of aryl methyl sites for hydroxylation is 1. The van der Waals surface area contributed by atoms with Gasteiger partial charge in [0.05, 0.1) is 6.04 Å². The van der Waals surface area contributed by atoms with Crippen molar-refractivity contribution in [2.24, 2.45) is 4.99 Å². The molecule has 0 fully saturated rings. The lowest BCUT2D eigenvalue weighted by molar-refractivity contribution is -0.0504. The molecule has 1 aromatic heterocycles. The molecule has 0 aliphatic carbocycles. The van der Waals surface area contributed by atoms with E-state index in [-0.39, 0.29) is 11.8 Å². The molecular weight excluding hydrogens is 370 g/mol. The first-order valence-corrected chi connectivity index (χ1v) is 9.47. The highest BCUT2D eigenvalue weighted by Crippen LogP contribution is 2.23. The number of halogens is 2. The Hall–Kier alpha value is -2.19. The van der Waals surface area contributed by atoms with E-state index in [1.807, 2.05) is 33.2 Å². The summed E-state index contributed by atoms with van der Waals surface area (Å²) < 4.78 is 29.8. The van der Waals surface area contributed by atoms with Gasteiger partial charge in [-0.1, -0.05) is 23.8 Å². The number of rotatable bonds is 8. The molecule has 0 aliphatic rings. The van der Waals surface area contributed by atoms with Crippen LogP contribution < -0.4 is 15.4 Å². The topological polar surface area (TPSA) is 48.9 Å². The molecule has 1 atom stereocenters. The molecule has 0 saturated carbocycles. The summed E-state index contributed by atoms with van der Waals surface area (Å²) in [7, 11) is 5.74. The summed E-state index contributed by atoms with van der Waals surface area (Å²) in [5.41, 5.74) is 1.63. The number of alkyl halides is 2. The van der Waals surface area contributed by atoms with Crippen LogP contribution in [0.2, 0.25) is 0 Å². The highest BCUT2D eigenvalue weighted by Gasteiger charge is 2.16. The fourth-order valence-corrected chi connectivity index (χ4v) is 3.59. The van der Waals surface area contributed by atoms with Crippen molar-refractivity contribution >= 4 is 17.3 Å². The van der Waals surface area contributed by atoms with Gasteiger partial charge in [-0.25, -0.2) is 0 Å². The van der Waals surface area contributed by atoms with Crippen LogP contribution in [-0.4, -0.2) is 45.2 Å². The summed E-state index contributed by atoms with van der Waals surface area (Å²) in [5.74, 6) is 0.770. The van der Waals surface area contributed by atoms with Crippen molar-refractivity contribution in [2.75, 3.05) is 27.7 Å². The molecule has 0 bridgehead atoms. The molecule has 1 unspecified atom stereocenters. The highest BCUT2D eigenvalue weighted by atomic mass is 32.1. The number of nitrogens with one attached hydrogen (secondary N) is 2. The van der Waals surface area contributed by atoms with Gasteiger partial charge < -0.3 is 20.3 Å². The first kappa shape index (κ1) is 21.1. The molecular formula is C19H26F2N4OS. The van der Waals surface area contributed by atoms with Gasteiger partial charge in [-0.05, 0) is 38.5 Å². The van der Waals surface area contributed by atoms with Crippen LogP contribution in [-0.2, 0) is 6.54 Å². The average Bonchev–Trinajstić information content (AvgIpc) is 3.13. The predicted molar refractivity (Wildman–Crippen MR) is 107 cm³/mol. The van der Waals surface area contributed by atoms with E-state index in [1.54, 1.807) is 30.5 Å². The molecule has 0 amide bonds. The van der Waals surface area contributed by atoms with Crippen molar-refractivity contribution < 1.29 is 13.5 Å². The number of hydrogen-bond acceptors (Lipinski definition) is 4. The van der Waals surface area contributed by atoms with Crippen molar-refractivity contribution in [3.63, 3.8) is 0 Å². The average molecular weight is 397 g/mol. The third-order valence-electron chi connectivity index (χ3n) is 4.06. The lowest BCUT2D eigenvalue weighted by Gasteiger charge is -2.24. The molecule has 0 aliphatic heterocycles. The highest BCUT2D eigenvalue weighted by molar-refractivity contribution is 7.10. The summed E-state index contributed by atoms with van der Waals surface area (Å²) in [5, 5.41) is 8.52. The normalized spacial score (nSPS) is 13.1. The van der Waals surface area contributed by atoms with Gasteiger partial charge in [-0.15, -0.1) is 11.3 Å². The van der Waals surface area contributed by atoms with Gasteiger partial charge >= 0.3 is 6.61 Å². The Balaban J connectivity index is 1.99. The fourth-order valence-electron chi connectivity index (χ4n) is 2.67. The zero-order valence-corrected chi connectivity index (χ0v) is 16.8. The summed E-state index contributed by atoms with van der Waals surface area (Å²) in [6.45, 7) is 0.0533. The van der Waals surface area contributed by atoms with Crippen molar-refractivity contribution in [3.8, 4) is 5.75 Å². The standard InChI is InChI=1S/C19H26F2N4OS/c1-13-7-8-16(26-18(20)21)14(10-13)11-23-19(22-2)24-12-15(25(3)4)17-6-5-9-27-17/h5-10,15,18H,11-12H2,1-4H3,(H2,22,23,24). The number of aliphatic imine (C=N–C) groups is 1. The first-order valence-electron chi connectivity index (χ1n) is 8.59. The third kappa shape index (κ3) is 6.48. The van der Waals surface area contributed by atoms with E-state index >= 15 is 0 Å². The van der Waals surface area contributed by atoms with E-state index in [0.717, 1.165) is 5.56 Å². The summed E-state index contributed by atoms with van der Waals surface area (Å²) in [6, 6.07) is 9.48. The summed E-state index contributed by atoms with van der Waals surface area (Å²) in [4.78, 5) is 7.62.